The lowest BCUT2D eigenvalue weighted by Gasteiger charge is -2.13. The molecular weight excluding hydrogens is 677 g/mol. The van der Waals surface area contributed by atoms with Gasteiger partial charge in [0.1, 0.15) is 0 Å². The van der Waals surface area contributed by atoms with Crippen LogP contribution in [0.4, 0.5) is 0 Å². The van der Waals surface area contributed by atoms with E-state index in [0.717, 1.165) is 75.1 Å². The second kappa shape index (κ2) is 12.3. The summed E-state index contributed by atoms with van der Waals surface area (Å²) in [6.07, 6.45) is 0. The van der Waals surface area contributed by atoms with E-state index in [4.69, 9.17) is 21.8 Å². The van der Waals surface area contributed by atoms with E-state index in [0.29, 0.717) is 23.0 Å². The molecule has 0 spiro atoms. The number of fused-ring (bicyclic) bond motifs is 7. The zero-order chi connectivity index (χ0) is 39.9. The third-order valence-electron chi connectivity index (χ3n) is 10.1. The van der Waals surface area contributed by atoms with E-state index < -0.39 is 6.04 Å². The Morgan fingerprint density at radius 1 is 0.444 bits per heavy atom. The number of thiophene rings is 1. The molecule has 0 fully saturated rings. The first-order valence-electron chi connectivity index (χ1n) is 20.2. The summed E-state index contributed by atoms with van der Waals surface area (Å²) in [5.41, 5.74) is 6.29. The summed E-state index contributed by atoms with van der Waals surface area (Å²) in [5, 5.41) is 6.31. The predicted molar refractivity (Wildman–Crippen MR) is 226 cm³/mol. The summed E-state index contributed by atoms with van der Waals surface area (Å²) in [6, 6.07) is 49.8. The molecule has 0 aliphatic rings. The molecule has 0 amide bonds. The van der Waals surface area contributed by atoms with Crippen LogP contribution in [-0.2, 0) is 0 Å². The fourth-order valence-electron chi connectivity index (χ4n) is 7.58. The monoisotopic (exact) mass is 711 g/mol. The zero-order valence-corrected chi connectivity index (χ0v) is 29.4. The van der Waals surface area contributed by atoms with Gasteiger partial charge in [-0.05, 0) is 64.4 Å². The third kappa shape index (κ3) is 5.01. The Hall–Kier alpha value is -6.95. The molecule has 0 unspecified atom stereocenters. The molecule has 0 radical (unpaired) electrons. The standard InChI is InChI=1S/C49H30N4S/c1-3-13-31(14-4-1)35-25-26-45-40(28-35)41-29-37(53-43-21-11-9-19-38(43)39-20-10-12-22-44(39)53)30-42(46(41)54-45)49-51-47(33-16-5-2-6-17-33)50-48(52-49)36-24-23-32-15-7-8-18-34(32)27-36/h1-30H/i1D,3D,4D,13D,14D. The zero-order valence-electron chi connectivity index (χ0n) is 33.6. The van der Waals surface area contributed by atoms with E-state index in [1.54, 1.807) is 11.3 Å². The van der Waals surface area contributed by atoms with Crippen molar-refractivity contribution in [3.05, 3.63) is 182 Å². The van der Waals surface area contributed by atoms with Crippen molar-refractivity contribution in [1.29, 1.82) is 0 Å². The van der Waals surface area contributed by atoms with Gasteiger partial charge in [0, 0.05) is 53.3 Å². The van der Waals surface area contributed by atoms with Gasteiger partial charge >= 0.3 is 0 Å². The van der Waals surface area contributed by atoms with E-state index in [-0.39, 0.29) is 29.7 Å². The number of hydrogen-bond acceptors (Lipinski definition) is 4. The van der Waals surface area contributed by atoms with E-state index in [2.05, 4.69) is 95.6 Å². The normalized spacial score (nSPS) is 13.0. The topological polar surface area (TPSA) is 43.6 Å². The average molecular weight is 712 g/mol. The molecule has 8 aromatic carbocycles. The van der Waals surface area contributed by atoms with Crippen LogP contribution in [0, 0.1) is 0 Å². The predicted octanol–water partition coefficient (Wildman–Crippen LogP) is 13.2. The lowest BCUT2D eigenvalue weighted by atomic mass is 10.0. The summed E-state index contributed by atoms with van der Waals surface area (Å²) in [6.45, 7) is 0. The first-order valence-corrected chi connectivity index (χ1v) is 18.5. The lowest BCUT2D eigenvalue weighted by Crippen LogP contribution is -2.01. The summed E-state index contributed by atoms with van der Waals surface area (Å²) in [7, 11) is 0. The molecule has 0 aliphatic heterocycles. The molecule has 5 heteroatoms. The van der Waals surface area contributed by atoms with Crippen molar-refractivity contribution in [3.8, 4) is 51.0 Å². The number of rotatable bonds is 5. The van der Waals surface area contributed by atoms with Gasteiger partial charge in [0.2, 0.25) is 0 Å². The van der Waals surface area contributed by atoms with Crippen LogP contribution in [0.2, 0.25) is 0 Å². The van der Waals surface area contributed by atoms with Gasteiger partial charge in [0.05, 0.1) is 17.9 Å². The third-order valence-corrected chi connectivity index (χ3v) is 11.3. The summed E-state index contributed by atoms with van der Waals surface area (Å²) < 4.78 is 46.7. The summed E-state index contributed by atoms with van der Waals surface area (Å²) in [5.74, 6) is 1.63. The molecule has 3 heterocycles. The fourth-order valence-corrected chi connectivity index (χ4v) is 8.75. The van der Waals surface area contributed by atoms with Crippen molar-refractivity contribution in [2.75, 3.05) is 0 Å². The van der Waals surface area contributed by atoms with Crippen LogP contribution in [0.1, 0.15) is 6.85 Å². The second-order valence-corrected chi connectivity index (χ2v) is 14.3. The van der Waals surface area contributed by atoms with Crippen LogP contribution in [0.25, 0.3) is 104 Å². The molecule has 0 aliphatic carbocycles. The van der Waals surface area contributed by atoms with Crippen LogP contribution in [0.5, 0.6) is 0 Å². The summed E-state index contributed by atoms with van der Waals surface area (Å²) >= 11 is 1.62. The molecule has 0 saturated heterocycles. The van der Waals surface area contributed by atoms with Crippen molar-refractivity contribution in [1.82, 2.24) is 19.5 Å². The first-order chi connectivity index (χ1) is 28.8. The quantitative estimate of drug-likeness (QED) is 0.178. The minimum atomic E-state index is -0.415. The number of hydrogen-bond donors (Lipinski definition) is 0. The number of benzene rings is 8. The van der Waals surface area contributed by atoms with E-state index in [9.17, 15) is 0 Å². The molecule has 0 saturated carbocycles. The van der Waals surface area contributed by atoms with Gasteiger partial charge in [-0.1, -0.05) is 139 Å². The van der Waals surface area contributed by atoms with Crippen LogP contribution in [-0.4, -0.2) is 19.5 Å². The molecule has 4 nitrogen and oxygen atoms in total. The highest BCUT2D eigenvalue weighted by atomic mass is 32.1. The number of para-hydroxylation sites is 2. The minimum absolute atomic E-state index is 0.168. The lowest BCUT2D eigenvalue weighted by molar-refractivity contribution is 1.08. The van der Waals surface area contributed by atoms with Crippen molar-refractivity contribution in [2.24, 2.45) is 0 Å². The Balaban J connectivity index is 1.23. The fraction of sp³-hybridized carbons (Fsp3) is 0. The van der Waals surface area contributed by atoms with Crippen molar-refractivity contribution < 1.29 is 6.85 Å². The molecule has 3 aromatic heterocycles. The SMILES string of the molecule is [2H]c1c([2H])c([2H])c(-c2ccc3sc4c(-c5nc(-c6ccccc6)nc(-c6ccc7ccccc7c6)n5)cc(-n5c6ccccc6c6ccccc65)cc4c3c2)c([2H])c1[2H]. The Morgan fingerprint density at radius 2 is 1.09 bits per heavy atom. The molecule has 11 aromatic rings. The van der Waals surface area contributed by atoms with Gasteiger partial charge in [0.25, 0.3) is 0 Å². The second-order valence-electron chi connectivity index (χ2n) is 13.3. The maximum absolute atomic E-state index is 8.77. The molecule has 0 N–H and O–H groups in total. The van der Waals surface area contributed by atoms with Gasteiger partial charge in [-0.15, -0.1) is 11.3 Å². The number of nitrogens with zero attached hydrogens (tertiary/aromatic N) is 4. The van der Waals surface area contributed by atoms with Gasteiger partial charge in [-0.3, -0.25) is 0 Å². The van der Waals surface area contributed by atoms with E-state index in [1.807, 2.05) is 60.7 Å². The Morgan fingerprint density at radius 3 is 1.87 bits per heavy atom. The Labute approximate surface area is 322 Å². The molecule has 252 valence electrons. The molecule has 54 heavy (non-hydrogen) atoms. The maximum Gasteiger partial charge on any atom is 0.165 e. The maximum atomic E-state index is 8.77. The highest BCUT2D eigenvalue weighted by molar-refractivity contribution is 7.26. The smallest absolute Gasteiger partial charge is 0.165 e. The summed E-state index contributed by atoms with van der Waals surface area (Å²) in [4.78, 5) is 15.5. The van der Waals surface area contributed by atoms with Crippen LogP contribution >= 0.6 is 11.3 Å². The van der Waals surface area contributed by atoms with Crippen LogP contribution < -0.4 is 0 Å². The highest BCUT2D eigenvalue weighted by Crippen LogP contribution is 2.44. The molecule has 11 rings (SSSR count). The number of aromatic nitrogens is 4. The molecule has 0 atom stereocenters. The van der Waals surface area contributed by atoms with Crippen molar-refractivity contribution >= 4 is 64.1 Å². The molecule has 0 bridgehead atoms. The van der Waals surface area contributed by atoms with E-state index in [1.165, 1.54) is 0 Å². The van der Waals surface area contributed by atoms with Crippen LogP contribution in [0.15, 0.2) is 182 Å². The highest BCUT2D eigenvalue weighted by Gasteiger charge is 2.21. The van der Waals surface area contributed by atoms with Gasteiger partial charge < -0.3 is 4.57 Å². The van der Waals surface area contributed by atoms with Gasteiger partial charge in [0.15, 0.2) is 17.5 Å². The largest absolute Gasteiger partial charge is 0.309 e. The minimum Gasteiger partial charge on any atom is -0.309 e. The van der Waals surface area contributed by atoms with Gasteiger partial charge in [-0.25, -0.2) is 15.0 Å². The van der Waals surface area contributed by atoms with Crippen LogP contribution in [0.3, 0.4) is 0 Å². The van der Waals surface area contributed by atoms with Crippen molar-refractivity contribution in [3.63, 3.8) is 0 Å². The van der Waals surface area contributed by atoms with Crippen molar-refractivity contribution in [2.45, 2.75) is 0 Å². The Kier molecular flexibility index (Phi) is 5.92. The average Bonchev–Trinajstić information content (AvgIpc) is 3.83. The Bertz CT molecular complexity index is 3440. The van der Waals surface area contributed by atoms with Gasteiger partial charge in [-0.2, -0.15) is 0 Å². The first kappa shape index (κ1) is 25.9. The molecular formula is C49H30N4S. The van der Waals surface area contributed by atoms with E-state index >= 15 is 0 Å².